The normalized spacial score (nSPS) is 10.4. The van der Waals surface area contributed by atoms with Crippen molar-refractivity contribution in [1.29, 1.82) is 0 Å². The molecule has 15 heavy (non-hydrogen) atoms. The second-order valence-electron chi connectivity index (χ2n) is 3.50. The molecule has 0 heterocycles. The van der Waals surface area contributed by atoms with Gasteiger partial charge in [-0.25, -0.2) is 4.39 Å². The van der Waals surface area contributed by atoms with Crippen LogP contribution in [0.25, 0.3) is 0 Å². The van der Waals surface area contributed by atoms with Gasteiger partial charge in [-0.3, -0.25) is 0 Å². The molecule has 1 rings (SSSR count). The monoisotopic (exact) mass is 273 g/mol. The van der Waals surface area contributed by atoms with Gasteiger partial charge in [0, 0.05) is 18.4 Å². The summed E-state index contributed by atoms with van der Waals surface area (Å²) in [6.07, 6.45) is 1.04. The lowest BCUT2D eigenvalue weighted by Gasteiger charge is -2.23. The van der Waals surface area contributed by atoms with Crippen LogP contribution in [0.3, 0.4) is 0 Å². The van der Waals surface area contributed by atoms with Gasteiger partial charge in [0.1, 0.15) is 5.82 Å². The van der Waals surface area contributed by atoms with E-state index in [2.05, 4.69) is 27.8 Å². The molecule has 0 amide bonds. The van der Waals surface area contributed by atoms with Crippen molar-refractivity contribution < 1.29 is 4.39 Å². The number of halogens is 2. The lowest BCUT2D eigenvalue weighted by Crippen LogP contribution is -2.24. The van der Waals surface area contributed by atoms with E-state index in [9.17, 15) is 4.39 Å². The summed E-state index contributed by atoms with van der Waals surface area (Å²) in [5.74, 6) is -0.123. The third kappa shape index (κ3) is 3.20. The maximum atomic E-state index is 13.7. The molecule has 0 fully saturated rings. The number of alkyl halides is 1. The zero-order valence-corrected chi connectivity index (χ0v) is 10.8. The molecule has 0 atom stereocenters. The van der Waals surface area contributed by atoms with Crippen LogP contribution in [-0.4, -0.2) is 13.1 Å². The molecule has 1 nitrogen and oxygen atoms in total. The second-order valence-corrected chi connectivity index (χ2v) is 4.06. The predicted octanol–water partition coefficient (Wildman–Crippen LogP) is 3.96. The standard InChI is InChI=1S/C12H17BrFN/c1-3-7-15(4-2)12-6-5-10(9-13)8-11(12)14/h5-6,8H,3-4,7,9H2,1-2H3. The van der Waals surface area contributed by atoms with Crippen molar-refractivity contribution in [3.8, 4) is 0 Å². The first-order valence-electron chi connectivity index (χ1n) is 5.32. The zero-order chi connectivity index (χ0) is 11.3. The molecule has 0 aliphatic heterocycles. The molecule has 1 aromatic carbocycles. The maximum absolute atomic E-state index is 13.7. The molecular weight excluding hydrogens is 257 g/mol. The van der Waals surface area contributed by atoms with Crippen LogP contribution in [0, 0.1) is 5.82 Å². The number of rotatable bonds is 5. The first-order chi connectivity index (χ1) is 7.22. The van der Waals surface area contributed by atoms with Crippen molar-refractivity contribution in [1.82, 2.24) is 0 Å². The quantitative estimate of drug-likeness (QED) is 0.735. The molecular formula is C12H17BrFN. The van der Waals surface area contributed by atoms with Gasteiger partial charge in [-0.2, -0.15) is 0 Å². The molecule has 0 aromatic heterocycles. The highest BCUT2D eigenvalue weighted by Crippen LogP contribution is 2.21. The topological polar surface area (TPSA) is 3.24 Å². The van der Waals surface area contributed by atoms with E-state index in [-0.39, 0.29) is 5.82 Å². The summed E-state index contributed by atoms with van der Waals surface area (Å²) < 4.78 is 13.7. The summed E-state index contributed by atoms with van der Waals surface area (Å²) in [5.41, 5.74) is 1.69. The number of hydrogen-bond donors (Lipinski definition) is 0. The zero-order valence-electron chi connectivity index (χ0n) is 9.26. The number of benzene rings is 1. The minimum Gasteiger partial charge on any atom is -0.369 e. The summed E-state index contributed by atoms with van der Waals surface area (Å²) in [6.45, 7) is 5.90. The Balaban J connectivity index is 2.92. The van der Waals surface area contributed by atoms with E-state index in [1.54, 1.807) is 6.07 Å². The van der Waals surface area contributed by atoms with Gasteiger partial charge < -0.3 is 4.90 Å². The van der Waals surface area contributed by atoms with Gasteiger partial charge >= 0.3 is 0 Å². The Morgan fingerprint density at radius 2 is 2.07 bits per heavy atom. The van der Waals surface area contributed by atoms with Crippen LogP contribution in [0.5, 0.6) is 0 Å². The molecule has 0 radical (unpaired) electrons. The maximum Gasteiger partial charge on any atom is 0.146 e. The van der Waals surface area contributed by atoms with Gasteiger partial charge in [-0.1, -0.05) is 28.9 Å². The average molecular weight is 274 g/mol. The van der Waals surface area contributed by atoms with E-state index in [0.29, 0.717) is 11.0 Å². The Morgan fingerprint density at radius 3 is 2.53 bits per heavy atom. The molecule has 0 N–H and O–H groups in total. The van der Waals surface area contributed by atoms with Gasteiger partial charge in [-0.05, 0) is 31.0 Å². The van der Waals surface area contributed by atoms with Crippen molar-refractivity contribution in [2.24, 2.45) is 0 Å². The van der Waals surface area contributed by atoms with Gasteiger partial charge in [0.15, 0.2) is 0 Å². The Kier molecular flexibility index (Phi) is 5.09. The molecule has 0 aliphatic rings. The van der Waals surface area contributed by atoms with Crippen molar-refractivity contribution in [2.75, 3.05) is 18.0 Å². The highest BCUT2D eigenvalue weighted by Gasteiger charge is 2.09. The number of anilines is 1. The van der Waals surface area contributed by atoms with Crippen molar-refractivity contribution in [2.45, 2.75) is 25.6 Å². The molecule has 0 saturated heterocycles. The third-order valence-electron chi connectivity index (χ3n) is 2.38. The molecule has 84 valence electrons. The van der Waals surface area contributed by atoms with Crippen LogP contribution in [0.2, 0.25) is 0 Å². The number of nitrogens with zero attached hydrogens (tertiary/aromatic N) is 1. The minimum atomic E-state index is -0.123. The van der Waals surface area contributed by atoms with E-state index < -0.39 is 0 Å². The van der Waals surface area contributed by atoms with Gasteiger partial charge in [0.2, 0.25) is 0 Å². The molecule has 0 bridgehead atoms. The van der Waals surface area contributed by atoms with Crippen LogP contribution in [0.15, 0.2) is 18.2 Å². The van der Waals surface area contributed by atoms with Crippen molar-refractivity contribution in [3.63, 3.8) is 0 Å². The van der Waals surface area contributed by atoms with E-state index >= 15 is 0 Å². The summed E-state index contributed by atoms with van der Waals surface area (Å²) in [5, 5.41) is 0.699. The van der Waals surface area contributed by atoms with Crippen LogP contribution in [0.1, 0.15) is 25.8 Å². The highest BCUT2D eigenvalue weighted by atomic mass is 79.9. The molecule has 0 spiro atoms. The fraction of sp³-hybridized carbons (Fsp3) is 0.500. The SMILES string of the molecule is CCCN(CC)c1ccc(CBr)cc1F. The first-order valence-corrected chi connectivity index (χ1v) is 6.44. The van der Waals surface area contributed by atoms with E-state index in [4.69, 9.17) is 0 Å². The predicted molar refractivity (Wildman–Crippen MR) is 67.2 cm³/mol. The Bertz CT molecular complexity index is 314. The summed E-state index contributed by atoms with van der Waals surface area (Å²) >= 11 is 3.32. The fourth-order valence-corrected chi connectivity index (χ4v) is 1.96. The highest BCUT2D eigenvalue weighted by molar-refractivity contribution is 9.08. The third-order valence-corrected chi connectivity index (χ3v) is 3.03. The second kappa shape index (κ2) is 6.11. The van der Waals surface area contributed by atoms with Gasteiger partial charge in [0.05, 0.1) is 5.69 Å². The van der Waals surface area contributed by atoms with Gasteiger partial charge in [0.25, 0.3) is 0 Å². The number of hydrogen-bond acceptors (Lipinski definition) is 1. The average Bonchev–Trinajstić information content (AvgIpc) is 2.26. The Labute approximate surface area is 99.4 Å². The lowest BCUT2D eigenvalue weighted by molar-refractivity contribution is 0.616. The van der Waals surface area contributed by atoms with Crippen LogP contribution in [-0.2, 0) is 5.33 Å². The summed E-state index contributed by atoms with van der Waals surface area (Å²) in [6, 6.07) is 5.43. The first kappa shape index (κ1) is 12.5. The molecule has 0 aliphatic carbocycles. The largest absolute Gasteiger partial charge is 0.369 e. The molecule has 1 aromatic rings. The summed E-state index contributed by atoms with van der Waals surface area (Å²) in [4.78, 5) is 2.06. The Morgan fingerprint density at radius 1 is 1.33 bits per heavy atom. The van der Waals surface area contributed by atoms with Crippen LogP contribution in [0.4, 0.5) is 10.1 Å². The van der Waals surface area contributed by atoms with Gasteiger partial charge in [-0.15, -0.1) is 0 Å². The van der Waals surface area contributed by atoms with E-state index in [1.807, 2.05) is 19.1 Å². The fourth-order valence-electron chi connectivity index (χ4n) is 1.61. The molecule has 0 saturated carbocycles. The minimum absolute atomic E-state index is 0.123. The molecule has 3 heteroatoms. The van der Waals surface area contributed by atoms with Crippen LogP contribution < -0.4 is 4.90 Å². The Hall–Kier alpha value is -0.570. The molecule has 0 unspecified atom stereocenters. The van der Waals surface area contributed by atoms with E-state index in [1.165, 1.54) is 0 Å². The van der Waals surface area contributed by atoms with Crippen molar-refractivity contribution in [3.05, 3.63) is 29.6 Å². The van der Waals surface area contributed by atoms with Crippen molar-refractivity contribution >= 4 is 21.6 Å². The van der Waals surface area contributed by atoms with Crippen LogP contribution >= 0.6 is 15.9 Å². The summed E-state index contributed by atoms with van der Waals surface area (Å²) in [7, 11) is 0. The van der Waals surface area contributed by atoms with E-state index in [0.717, 1.165) is 25.1 Å². The lowest BCUT2D eigenvalue weighted by atomic mass is 10.2. The smallest absolute Gasteiger partial charge is 0.146 e.